The maximum absolute atomic E-state index is 12.5. The predicted octanol–water partition coefficient (Wildman–Crippen LogP) is 2.55. The van der Waals surface area contributed by atoms with Gasteiger partial charge in [0.2, 0.25) is 0 Å². The number of carbonyl (C=O) groups excluding carboxylic acids is 2. The smallest absolute Gasteiger partial charge is 0.313 e. The van der Waals surface area contributed by atoms with Crippen LogP contribution in [0, 0.1) is 0 Å². The van der Waals surface area contributed by atoms with Crippen LogP contribution in [0.3, 0.4) is 0 Å². The number of rotatable bonds is 7. The molecule has 164 valence electrons. The normalized spacial score (nSPS) is 11.9. The van der Waals surface area contributed by atoms with Crippen LogP contribution in [0.5, 0.6) is 11.5 Å². The zero-order valence-electron chi connectivity index (χ0n) is 18.4. The first-order valence-electron chi connectivity index (χ1n) is 9.87. The van der Waals surface area contributed by atoms with Gasteiger partial charge in [-0.3, -0.25) is 9.59 Å². The summed E-state index contributed by atoms with van der Waals surface area (Å²) in [6.45, 7) is 0.285. The van der Waals surface area contributed by atoms with E-state index in [-0.39, 0.29) is 12.6 Å². The monoisotopic (exact) mass is 424 g/mol. The molecule has 2 N–H and O–H groups in total. The summed E-state index contributed by atoms with van der Waals surface area (Å²) in [7, 11) is 8.91. The highest BCUT2D eigenvalue weighted by atomic mass is 16.5. The molecule has 0 saturated heterocycles. The summed E-state index contributed by atoms with van der Waals surface area (Å²) in [6.07, 6.45) is 2.06. The molecule has 2 aromatic carbocycles. The molecule has 0 aliphatic carbocycles. The van der Waals surface area contributed by atoms with Gasteiger partial charge >= 0.3 is 11.8 Å². The van der Waals surface area contributed by atoms with Crippen molar-refractivity contribution < 1.29 is 19.1 Å². The fourth-order valence-corrected chi connectivity index (χ4v) is 3.56. The van der Waals surface area contributed by atoms with Crippen LogP contribution in [0.15, 0.2) is 48.7 Å². The number of carbonyl (C=O) groups is 2. The van der Waals surface area contributed by atoms with Gasteiger partial charge in [-0.1, -0.05) is 18.2 Å². The Morgan fingerprint density at radius 2 is 1.81 bits per heavy atom. The van der Waals surface area contributed by atoms with Crippen LogP contribution >= 0.6 is 0 Å². The van der Waals surface area contributed by atoms with Crippen LogP contribution in [-0.4, -0.2) is 56.1 Å². The largest absolute Gasteiger partial charge is 0.497 e. The third kappa shape index (κ3) is 4.80. The lowest BCUT2D eigenvalue weighted by Crippen LogP contribution is -2.40. The molecule has 0 fully saturated rings. The van der Waals surface area contributed by atoms with Gasteiger partial charge in [-0.15, -0.1) is 0 Å². The second-order valence-electron chi connectivity index (χ2n) is 7.42. The molecule has 0 spiro atoms. The summed E-state index contributed by atoms with van der Waals surface area (Å²) < 4.78 is 12.5. The van der Waals surface area contributed by atoms with Gasteiger partial charge in [-0.05, 0) is 37.9 Å². The Bertz CT molecular complexity index is 1090. The first-order chi connectivity index (χ1) is 14.8. The van der Waals surface area contributed by atoms with Crippen molar-refractivity contribution in [3.63, 3.8) is 0 Å². The number of fused-ring (bicyclic) bond motifs is 1. The topological polar surface area (TPSA) is 84.8 Å². The average Bonchev–Trinajstić information content (AvgIpc) is 3.10. The van der Waals surface area contributed by atoms with Crippen LogP contribution in [0.25, 0.3) is 10.9 Å². The van der Waals surface area contributed by atoms with Gasteiger partial charge in [0.1, 0.15) is 11.5 Å². The number of benzene rings is 2. The molecule has 1 unspecified atom stereocenters. The van der Waals surface area contributed by atoms with E-state index in [1.807, 2.05) is 38.2 Å². The van der Waals surface area contributed by atoms with Crippen molar-refractivity contribution in [3.8, 4) is 11.5 Å². The number of aromatic nitrogens is 1. The number of hydrogen-bond acceptors (Lipinski definition) is 5. The number of anilines is 1. The van der Waals surface area contributed by atoms with Gasteiger partial charge in [-0.2, -0.15) is 0 Å². The van der Waals surface area contributed by atoms with Crippen molar-refractivity contribution in [1.82, 2.24) is 14.8 Å². The van der Waals surface area contributed by atoms with Crippen LogP contribution < -0.4 is 20.1 Å². The average molecular weight is 425 g/mol. The van der Waals surface area contributed by atoms with E-state index in [1.165, 1.54) is 14.2 Å². The molecule has 8 nitrogen and oxygen atoms in total. The lowest BCUT2D eigenvalue weighted by Gasteiger charge is -2.24. The van der Waals surface area contributed by atoms with E-state index < -0.39 is 11.8 Å². The number of aryl methyl sites for hydroxylation is 1. The van der Waals surface area contributed by atoms with Crippen LogP contribution in [0.1, 0.15) is 11.6 Å². The van der Waals surface area contributed by atoms with Gasteiger partial charge < -0.3 is 29.6 Å². The van der Waals surface area contributed by atoms with Gasteiger partial charge in [0.25, 0.3) is 0 Å². The maximum Gasteiger partial charge on any atom is 0.313 e. The highest BCUT2D eigenvalue weighted by Crippen LogP contribution is 2.29. The Hall–Kier alpha value is -3.52. The molecule has 1 aromatic heterocycles. The van der Waals surface area contributed by atoms with E-state index in [1.54, 1.807) is 18.2 Å². The number of amides is 2. The molecule has 0 radical (unpaired) electrons. The minimum absolute atomic E-state index is 0.0987. The molecule has 3 rings (SSSR count). The molecule has 1 atom stereocenters. The Morgan fingerprint density at radius 1 is 1.06 bits per heavy atom. The predicted molar refractivity (Wildman–Crippen MR) is 121 cm³/mol. The molecule has 2 amide bonds. The van der Waals surface area contributed by atoms with Crippen LogP contribution in [0.4, 0.5) is 5.69 Å². The van der Waals surface area contributed by atoms with Crippen molar-refractivity contribution in [2.45, 2.75) is 6.04 Å². The molecule has 0 aliphatic rings. The minimum atomic E-state index is -0.765. The lowest BCUT2D eigenvalue weighted by atomic mass is 10.0. The van der Waals surface area contributed by atoms with Gasteiger partial charge in [0.15, 0.2) is 0 Å². The first-order valence-corrected chi connectivity index (χ1v) is 9.87. The first kappa shape index (κ1) is 22.2. The summed E-state index contributed by atoms with van der Waals surface area (Å²) in [5.41, 5.74) is 2.59. The Balaban J connectivity index is 1.71. The van der Waals surface area contributed by atoms with Gasteiger partial charge in [-0.25, -0.2) is 0 Å². The quantitative estimate of drug-likeness (QED) is 0.570. The van der Waals surface area contributed by atoms with E-state index in [9.17, 15) is 9.59 Å². The van der Waals surface area contributed by atoms with Gasteiger partial charge in [0, 0.05) is 36.8 Å². The van der Waals surface area contributed by atoms with Crippen molar-refractivity contribution in [2.75, 3.05) is 40.2 Å². The lowest BCUT2D eigenvalue weighted by molar-refractivity contribution is -0.136. The summed E-state index contributed by atoms with van der Waals surface area (Å²) in [4.78, 5) is 26.9. The highest BCUT2D eigenvalue weighted by molar-refractivity contribution is 6.39. The number of ether oxygens (including phenoxy) is 2. The molecular weight excluding hydrogens is 396 g/mol. The molecule has 31 heavy (non-hydrogen) atoms. The van der Waals surface area contributed by atoms with Crippen LogP contribution in [-0.2, 0) is 16.6 Å². The van der Waals surface area contributed by atoms with Crippen molar-refractivity contribution in [3.05, 3.63) is 54.2 Å². The molecule has 0 aliphatic heterocycles. The molecule has 1 heterocycles. The second kappa shape index (κ2) is 9.53. The van der Waals surface area contributed by atoms with Crippen molar-refractivity contribution in [1.29, 1.82) is 0 Å². The van der Waals surface area contributed by atoms with E-state index in [0.717, 1.165) is 16.5 Å². The summed E-state index contributed by atoms with van der Waals surface area (Å²) in [6, 6.07) is 12.9. The molecule has 3 aromatic rings. The van der Waals surface area contributed by atoms with Crippen LogP contribution in [0.2, 0.25) is 0 Å². The maximum atomic E-state index is 12.5. The standard InChI is InChI=1S/C23H28N4O4/c1-26(2)20(17-14-27(3)19-9-7-6-8-16(17)19)13-24-22(28)23(29)25-18-11-10-15(30-4)12-21(18)31-5/h6-12,14,20H,13H2,1-5H3,(H,24,28)(H,25,29). The van der Waals surface area contributed by atoms with E-state index >= 15 is 0 Å². The Labute approximate surface area is 181 Å². The number of nitrogens with one attached hydrogen (secondary N) is 2. The number of methoxy groups -OCH3 is 2. The van der Waals surface area contributed by atoms with E-state index in [2.05, 4.69) is 33.5 Å². The summed E-state index contributed by atoms with van der Waals surface area (Å²) in [5, 5.41) is 6.46. The highest BCUT2D eigenvalue weighted by Gasteiger charge is 2.22. The third-order valence-corrected chi connectivity index (χ3v) is 5.23. The molecule has 8 heteroatoms. The summed E-state index contributed by atoms with van der Waals surface area (Å²) >= 11 is 0. The minimum Gasteiger partial charge on any atom is -0.497 e. The number of nitrogens with zero attached hydrogens (tertiary/aromatic N) is 2. The number of likely N-dealkylation sites (N-methyl/N-ethyl adjacent to an activating group) is 1. The zero-order valence-corrected chi connectivity index (χ0v) is 18.4. The fraction of sp³-hybridized carbons (Fsp3) is 0.304. The van der Waals surface area contributed by atoms with E-state index in [4.69, 9.17) is 9.47 Å². The number of hydrogen-bond donors (Lipinski definition) is 2. The molecule has 0 saturated carbocycles. The summed E-state index contributed by atoms with van der Waals surface area (Å²) in [5.74, 6) is -0.491. The third-order valence-electron chi connectivity index (χ3n) is 5.23. The second-order valence-corrected chi connectivity index (χ2v) is 7.42. The SMILES string of the molecule is COc1ccc(NC(=O)C(=O)NCC(c2cn(C)c3ccccc23)N(C)C)c(OC)c1. The Morgan fingerprint density at radius 3 is 2.48 bits per heavy atom. The molecular formula is C23H28N4O4. The Kier molecular flexibility index (Phi) is 6.81. The number of para-hydroxylation sites is 1. The zero-order chi connectivity index (χ0) is 22.5. The van der Waals surface area contributed by atoms with Crippen molar-refractivity contribution in [2.24, 2.45) is 7.05 Å². The van der Waals surface area contributed by atoms with E-state index in [0.29, 0.717) is 17.2 Å². The fourth-order valence-electron chi connectivity index (χ4n) is 3.56. The van der Waals surface area contributed by atoms with Gasteiger partial charge in [0.05, 0.1) is 25.9 Å². The van der Waals surface area contributed by atoms with Crippen molar-refractivity contribution >= 4 is 28.4 Å². The molecule has 0 bridgehead atoms.